The van der Waals surface area contributed by atoms with Crippen molar-refractivity contribution in [2.75, 3.05) is 11.9 Å². The van der Waals surface area contributed by atoms with Crippen LogP contribution in [0.2, 0.25) is 5.02 Å². The lowest BCUT2D eigenvalue weighted by Gasteiger charge is -2.09. The summed E-state index contributed by atoms with van der Waals surface area (Å²) in [5.41, 5.74) is 0.551. The Morgan fingerprint density at radius 3 is 2.78 bits per heavy atom. The van der Waals surface area contributed by atoms with Gasteiger partial charge in [-0.25, -0.2) is 4.39 Å². The average Bonchev–Trinajstić information content (AvgIpc) is 2.76. The van der Waals surface area contributed by atoms with Gasteiger partial charge in [0.25, 0.3) is 0 Å². The van der Waals surface area contributed by atoms with E-state index in [0.717, 1.165) is 6.54 Å². The standard InChI is InChI=1S/C12H14ClFN4/c1-3-15-12-17-16-11(18(12)4-2)8-6-5-7-9(14)10(8)13/h5-7H,3-4H2,1-2H3,(H,15,17). The smallest absolute Gasteiger partial charge is 0.224 e. The molecule has 1 N–H and O–H groups in total. The van der Waals surface area contributed by atoms with Crippen molar-refractivity contribution >= 4 is 17.5 Å². The number of anilines is 1. The van der Waals surface area contributed by atoms with Crippen molar-refractivity contribution in [2.24, 2.45) is 0 Å². The largest absolute Gasteiger partial charge is 0.355 e. The first-order valence-corrected chi connectivity index (χ1v) is 6.18. The molecular formula is C12H14ClFN4. The van der Waals surface area contributed by atoms with Gasteiger partial charge in [0.2, 0.25) is 5.95 Å². The third-order valence-corrected chi connectivity index (χ3v) is 2.98. The lowest BCUT2D eigenvalue weighted by molar-refractivity contribution is 0.628. The Hall–Kier alpha value is -1.62. The monoisotopic (exact) mass is 268 g/mol. The molecule has 6 heteroatoms. The summed E-state index contributed by atoms with van der Waals surface area (Å²) >= 11 is 5.97. The lowest BCUT2D eigenvalue weighted by Crippen LogP contribution is -2.07. The molecule has 0 atom stereocenters. The van der Waals surface area contributed by atoms with E-state index < -0.39 is 5.82 Å². The van der Waals surface area contributed by atoms with Gasteiger partial charge in [0, 0.05) is 18.7 Å². The Bertz CT molecular complexity index is 553. The van der Waals surface area contributed by atoms with Gasteiger partial charge in [0.1, 0.15) is 5.82 Å². The minimum absolute atomic E-state index is 0.0719. The van der Waals surface area contributed by atoms with Crippen LogP contribution >= 0.6 is 11.6 Å². The fourth-order valence-electron chi connectivity index (χ4n) is 1.77. The molecule has 4 nitrogen and oxygen atoms in total. The molecule has 0 unspecified atom stereocenters. The van der Waals surface area contributed by atoms with E-state index in [0.29, 0.717) is 23.9 Å². The third-order valence-electron chi connectivity index (χ3n) is 2.59. The maximum atomic E-state index is 13.5. The van der Waals surface area contributed by atoms with E-state index in [4.69, 9.17) is 11.6 Å². The number of nitrogens with one attached hydrogen (secondary N) is 1. The number of halogens is 2. The Morgan fingerprint density at radius 2 is 2.11 bits per heavy atom. The molecule has 0 aliphatic heterocycles. The van der Waals surface area contributed by atoms with Crippen molar-refractivity contribution in [1.82, 2.24) is 14.8 Å². The molecule has 2 rings (SSSR count). The second kappa shape index (κ2) is 5.35. The molecule has 0 amide bonds. The predicted molar refractivity (Wildman–Crippen MR) is 70.3 cm³/mol. The van der Waals surface area contributed by atoms with Gasteiger partial charge in [-0.15, -0.1) is 10.2 Å². The number of aromatic nitrogens is 3. The molecule has 18 heavy (non-hydrogen) atoms. The topological polar surface area (TPSA) is 42.7 Å². The van der Waals surface area contributed by atoms with Crippen LogP contribution in [0.15, 0.2) is 18.2 Å². The molecule has 0 fully saturated rings. The van der Waals surface area contributed by atoms with Gasteiger partial charge in [-0.05, 0) is 26.0 Å². The molecule has 96 valence electrons. The summed E-state index contributed by atoms with van der Waals surface area (Å²) in [6, 6.07) is 4.67. The Morgan fingerprint density at radius 1 is 1.33 bits per heavy atom. The first kappa shape index (κ1) is 12.8. The average molecular weight is 269 g/mol. The molecule has 0 spiro atoms. The van der Waals surface area contributed by atoms with Gasteiger partial charge in [-0.3, -0.25) is 4.57 Å². The van der Waals surface area contributed by atoms with Crippen molar-refractivity contribution in [3.8, 4) is 11.4 Å². The summed E-state index contributed by atoms with van der Waals surface area (Å²) in [6.07, 6.45) is 0. The Balaban J connectivity index is 2.53. The van der Waals surface area contributed by atoms with E-state index in [-0.39, 0.29) is 5.02 Å². The van der Waals surface area contributed by atoms with Crippen LogP contribution in [0.3, 0.4) is 0 Å². The highest BCUT2D eigenvalue weighted by Crippen LogP contribution is 2.29. The number of hydrogen-bond donors (Lipinski definition) is 1. The highest BCUT2D eigenvalue weighted by Gasteiger charge is 2.16. The van der Waals surface area contributed by atoms with Gasteiger partial charge in [0.15, 0.2) is 5.82 Å². The second-order valence-electron chi connectivity index (χ2n) is 3.72. The van der Waals surface area contributed by atoms with E-state index in [9.17, 15) is 4.39 Å². The molecule has 0 bridgehead atoms. The Labute approximate surface area is 110 Å². The zero-order chi connectivity index (χ0) is 13.1. The van der Waals surface area contributed by atoms with Crippen molar-refractivity contribution in [3.05, 3.63) is 29.0 Å². The summed E-state index contributed by atoms with van der Waals surface area (Å²) in [5.74, 6) is 0.776. The molecule has 1 aromatic heterocycles. The van der Waals surface area contributed by atoms with Gasteiger partial charge in [0.05, 0.1) is 5.02 Å². The van der Waals surface area contributed by atoms with Crippen molar-refractivity contribution < 1.29 is 4.39 Å². The molecule has 2 aromatic rings. The van der Waals surface area contributed by atoms with Crippen LogP contribution in [0, 0.1) is 5.82 Å². The highest BCUT2D eigenvalue weighted by molar-refractivity contribution is 6.33. The number of hydrogen-bond acceptors (Lipinski definition) is 3. The summed E-state index contributed by atoms with van der Waals surface area (Å²) in [4.78, 5) is 0. The van der Waals surface area contributed by atoms with E-state index >= 15 is 0 Å². The van der Waals surface area contributed by atoms with Crippen LogP contribution in [0.4, 0.5) is 10.3 Å². The fraction of sp³-hybridized carbons (Fsp3) is 0.333. The third kappa shape index (κ3) is 2.18. The molecule has 0 aliphatic carbocycles. The molecular weight excluding hydrogens is 255 g/mol. The van der Waals surface area contributed by atoms with Gasteiger partial charge in [-0.2, -0.15) is 0 Å². The number of rotatable bonds is 4. The molecule has 0 radical (unpaired) electrons. The minimum Gasteiger partial charge on any atom is -0.355 e. The maximum absolute atomic E-state index is 13.5. The normalized spacial score (nSPS) is 10.7. The zero-order valence-electron chi connectivity index (χ0n) is 10.2. The van der Waals surface area contributed by atoms with Crippen LogP contribution in [-0.4, -0.2) is 21.3 Å². The summed E-state index contributed by atoms with van der Waals surface area (Å²) in [7, 11) is 0. The van der Waals surface area contributed by atoms with Crippen molar-refractivity contribution in [2.45, 2.75) is 20.4 Å². The van der Waals surface area contributed by atoms with E-state index in [1.165, 1.54) is 6.07 Å². The van der Waals surface area contributed by atoms with E-state index in [1.807, 2.05) is 18.4 Å². The molecule has 1 aromatic carbocycles. The summed E-state index contributed by atoms with van der Waals surface area (Å²) in [5, 5.41) is 11.3. The summed E-state index contributed by atoms with van der Waals surface area (Å²) < 4.78 is 15.3. The van der Waals surface area contributed by atoms with Crippen LogP contribution in [-0.2, 0) is 6.54 Å². The molecule has 1 heterocycles. The summed E-state index contributed by atoms with van der Waals surface area (Å²) in [6.45, 7) is 5.37. The minimum atomic E-state index is -0.454. The number of nitrogens with zero attached hydrogens (tertiary/aromatic N) is 3. The lowest BCUT2D eigenvalue weighted by atomic mass is 10.2. The van der Waals surface area contributed by atoms with Gasteiger partial charge in [-0.1, -0.05) is 17.7 Å². The van der Waals surface area contributed by atoms with Crippen LogP contribution in [0.5, 0.6) is 0 Å². The quantitative estimate of drug-likeness (QED) is 0.926. The Kier molecular flexibility index (Phi) is 3.81. The maximum Gasteiger partial charge on any atom is 0.224 e. The van der Waals surface area contributed by atoms with Crippen LogP contribution < -0.4 is 5.32 Å². The van der Waals surface area contributed by atoms with E-state index in [1.54, 1.807) is 12.1 Å². The van der Waals surface area contributed by atoms with Crippen LogP contribution in [0.1, 0.15) is 13.8 Å². The van der Waals surface area contributed by atoms with Crippen LogP contribution in [0.25, 0.3) is 11.4 Å². The van der Waals surface area contributed by atoms with Crippen molar-refractivity contribution in [3.63, 3.8) is 0 Å². The van der Waals surface area contributed by atoms with Crippen molar-refractivity contribution in [1.29, 1.82) is 0 Å². The SMILES string of the molecule is CCNc1nnc(-c2cccc(F)c2Cl)n1CC. The second-order valence-corrected chi connectivity index (χ2v) is 4.10. The zero-order valence-corrected chi connectivity index (χ0v) is 11.0. The first-order valence-electron chi connectivity index (χ1n) is 5.80. The molecule has 0 aliphatic rings. The van der Waals surface area contributed by atoms with Gasteiger partial charge >= 0.3 is 0 Å². The van der Waals surface area contributed by atoms with E-state index in [2.05, 4.69) is 15.5 Å². The predicted octanol–water partition coefficient (Wildman–Crippen LogP) is 3.19. The first-order chi connectivity index (χ1) is 8.69. The highest BCUT2D eigenvalue weighted by atomic mass is 35.5. The fourth-order valence-corrected chi connectivity index (χ4v) is 1.98. The van der Waals surface area contributed by atoms with Gasteiger partial charge < -0.3 is 5.32 Å². The number of benzene rings is 1. The molecule has 0 saturated carbocycles. The molecule has 0 saturated heterocycles.